The summed E-state index contributed by atoms with van der Waals surface area (Å²) in [5.41, 5.74) is 1.01. The minimum Gasteiger partial charge on any atom is -0.486 e. The number of hydrogen-bond donors (Lipinski definition) is 1. The van der Waals surface area contributed by atoms with E-state index < -0.39 is 33.8 Å². The van der Waals surface area contributed by atoms with E-state index in [9.17, 15) is 17.6 Å². The van der Waals surface area contributed by atoms with E-state index in [1.54, 1.807) is 19.1 Å². The summed E-state index contributed by atoms with van der Waals surface area (Å²) in [5, 5.41) is 2.82. The van der Waals surface area contributed by atoms with Crippen LogP contribution in [0.15, 0.2) is 42.5 Å². The molecule has 0 bridgehead atoms. The number of nitrogens with zero attached hydrogens (tertiary/aromatic N) is 1. The number of rotatable bonds is 6. The Hall–Kier alpha value is -2.81. The van der Waals surface area contributed by atoms with Gasteiger partial charge in [0.05, 0.1) is 18.0 Å². The van der Waals surface area contributed by atoms with E-state index in [4.69, 9.17) is 9.47 Å². The van der Waals surface area contributed by atoms with Gasteiger partial charge in [0, 0.05) is 0 Å². The number of carbonyl (C=O) groups is 1. The molecule has 1 amide bonds. The summed E-state index contributed by atoms with van der Waals surface area (Å²) in [7, 11) is -3.77. The molecular formula is C20H23FN2O5S. The second-order valence-electron chi connectivity index (χ2n) is 6.84. The Balaban J connectivity index is 1.78. The molecule has 3 rings (SSSR count). The van der Waals surface area contributed by atoms with Crippen LogP contribution >= 0.6 is 0 Å². The van der Waals surface area contributed by atoms with Crippen molar-refractivity contribution in [2.24, 2.45) is 0 Å². The summed E-state index contributed by atoms with van der Waals surface area (Å²) in [6.45, 7) is 4.21. The molecule has 0 fully saturated rings. The summed E-state index contributed by atoms with van der Waals surface area (Å²) in [4.78, 5) is 12.8. The van der Waals surface area contributed by atoms with Crippen LogP contribution in [-0.4, -0.2) is 39.8 Å². The van der Waals surface area contributed by atoms with E-state index in [0.29, 0.717) is 24.7 Å². The highest BCUT2D eigenvalue weighted by molar-refractivity contribution is 7.92. The average molecular weight is 422 g/mol. The van der Waals surface area contributed by atoms with E-state index in [2.05, 4.69) is 5.32 Å². The monoisotopic (exact) mass is 422 g/mol. The van der Waals surface area contributed by atoms with Crippen molar-refractivity contribution in [3.63, 3.8) is 0 Å². The first kappa shape index (κ1) is 20.9. The van der Waals surface area contributed by atoms with Crippen molar-refractivity contribution in [1.29, 1.82) is 0 Å². The zero-order valence-electron chi connectivity index (χ0n) is 16.4. The number of carbonyl (C=O) groups excluding carboxylic acids is 1. The third-order valence-electron chi connectivity index (χ3n) is 4.59. The van der Waals surface area contributed by atoms with Crippen LogP contribution in [0.5, 0.6) is 11.5 Å². The second kappa shape index (κ2) is 8.28. The van der Waals surface area contributed by atoms with E-state index >= 15 is 0 Å². The van der Waals surface area contributed by atoms with Gasteiger partial charge in [-0.3, -0.25) is 9.10 Å². The van der Waals surface area contributed by atoms with Gasteiger partial charge in [0.25, 0.3) is 0 Å². The van der Waals surface area contributed by atoms with Crippen molar-refractivity contribution < 1.29 is 27.1 Å². The maximum absolute atomic E-state index is 13.2. The van der Waals surface area contributed by atoms with Crippen molar-refractivity contribution in [1.82, 2.24) is 5.32 Å². The standard InChI is InChI=1S/C20H23FN2O5S/c1-13(15-4-9-18-19(12-15)28-11-10-27-18)22-20(24)14(2)23(29(3,25)26)17-7-5-16(21)6-8-17/h4-9,12-14H,10-11H2,1-3H3,(H,22,24)/t13-,14-/m0/s1. The lowest BCUT2D eigenvalue weighted by atomic mass is 10.1. The number of sulfonamides is 1. The van der Waals surface area contributed by atoms with Gasteiger partial charge in [-0.15, -0.1) is 0 Å². The number of halogens is 1. The second-order valence-corrected chi connectivity index (χ2v) is 8.70. The first-order chi connectivity index (χ1) is 13.7. The minimum atomic E-state index is -3.77. The number of anilines is 1. The van der Waals surface area contributed by atoms with E-state index in [-0.39, 0.29) is 5.69 Å². The van der Waals surface area contributed by atoms with Crippen LogP contribution in [-0.2, 0) is 14.8 Å². The zero-order chi connectivity index (χ0) is 21.2. The summed E-state index contributed by atoms with van der Waals surface area (Å²) in [6.07, 6.45) is 1.00. The summed E-state index contributed by atoms with van der Waals surface area (Å²) >= 11 is 0. The molecule has 2 aromatic carbocycles. The van der Waals surface area contributed by atoms with Crippen molar-refractivity contribution in [3.8, 4) is 11.5 Å². The molecule has 0 radical (unpaired) electrons. The molecular weight excluding hydrogens is 399 g/mol. The maximum atomic E-state index is 13.2. The van der Waals surface area contributed by atoms with E-state index in [1.807, 2.05) is 6.07 Å². The van der Waals surface area contributed by atoms with Crippen LogP contribution < -0.4 is 19.1 Å². The van der Waals surface area contributed by atoms with Gasteiger partial charge in [-0.05, 0) is 55.8 Å². The molecule has 2 aromatic rings. The Morgan fingerprint density at radius 2 is 1.69 bits per heavy atom. The first-order valence-electron chi connectivity index (χ1n) is 9.11. The first-order valence-corrected chi connectivity index (χ1v) is 11.0. The van der Waals surface area contributed by atoms with Crippen molar-refractivity contribution >= 4 is 21.6 Å². The van der Waals surface area contributed by atoms with Crippen LogP contribution in [0.1, 0.15) is 25.5 Å². The molecule has 0 aliphatic carbocycles. The highest BCUT2D eigenvalue weighted by Crippen LogP contribution is 2.32. The van der Waals surface area contributed by atoms with Crippen LogP contribution in [0.25, 0.3) is 0 Å². The predicted octanol–water partition coefficient (Wildman–Crippen LogP) is 2.63. The van der Waals surface area contributed by atoms with Crippen LogP contribution in [0, 0.1) is 5.82 Å². The van der Waals surface area contributed by atoms with Gasteiger partial charge in [0.1, 0.15) is 25.1 Å². The van der Waals surface area contributed by atoms with Crippen LogP contribution in [0.4, 0.5) is 10.1 Å². The average Bonchev–Trinajstić information content (AvgIpc) is 2.68. The smallest absolute Gasteiger partial charge is 0.244 e. The van der Waals surface area contributed by atoms with Crippen molar-refractivity contribution in [2.45, 2.75) is 25.9 Å². The van der Waals surface area contributed by atoms with Gasteiger partial charge < -0.3 is 14.8 Å². The van der Waals surface area contributed by atoms with Gasteiger partial charge in [-0.25, -0.2) is 12.8 Å². The Kier molecular flexibility index (Phi) is 5.97. The Labute approximate surface area is 169 Å². The van der Waals surface area contributed by atoms with Gasteiger partial charge >= 0.3 is 0 Å². The van der Waals surface area contributed by atoms with E-state index in [1.165, 1.54) is 19.1 Å². The fraction of sp³-hybridized carbons (Fsp3) is 0.350. The van der Waals surface area contributed by atoms with Gasteiger partial charge in [0.15, 0.2) is 11.5 Å². The van der Waals surface area contributed by atoms with Gasteiger partial charge in [0.2, 0.25) is 15.9 Å². The predicted molar refractivity (Wildman–Crippen MR) is 107 cm³/mol. The molecule has 0 saturated carbocycles. The number of benzene rings is 2. The molecule has 9 heteroatoms. The molecule has 7 nitrogen and oxygen atoms in total. The van der Waals surface area contributed by atoms with Crippen LogP contribution in [0.3, 0.4) is 0 Å². The summed E-state index contributed by atoms with van der Waals surface area (Å²) in [5.74, 6) is 0.270. The molecule has 1 aliphatic heterocycles. The molecule has 156 valence electrons. The normalized spacial score (nSPS) is 15.3. The minimum absolute atomic E-state index is 0.212. The quantitative estimate of drug-likeness (QED) is 0.774. The highest BCUT2D eigenvalue weighted by atomic mass is 32.2. The summed E-state index contributed by atoms with van der Waals surface area (Å²) in [6, 6.07) is 8.90. The lowest BCUT2D eigenvalue weighted by Crippen LogP contribution is -2.48. The lowest BCUT2D eigenvalue weighted by molar-refractivity contribution is -0.122. The molecule has 1 aliphatic rings. The molecule has 29 heavy (non-hydrogen) atoms. The molecule has 1 heterocycles. The molecule has 0 aromatic heterocycles. The fourth-order valence-electron chi connectivity index (χ4n) is 3.14. The lowest BCUT2D eigenvalue weighted by Gasteiger charge is -2.29. The van der Waals surface area contributed by atoms with Gasteiger partial charge in [-0.1, -0.05) is 6.07 Å². The highest BCUT2D eigenvalue weighted by Gasteiger charge is 2.30. The van der Waals surface area contributed by atoms with Gasteiger partial charge in [-0.2, -0.15) is 0 Å². The largest absolute Gasteiger partial charge is 0.486 e. The number of nitrogens with one attached hydrogen (secondary N) is 1. The summed E-state index contributed by atoms with van der Waals surface area (Å²) < 4.78 is 49.8. The Morgan fingerprint density at radius 3 is 2.31 bits per heavy atom. The zero-order valence-corrected chi connectivity index (χ0v) is 17.2. The maximum Gasteiger partial charge on any atom is 0.244 e. The Bertz CT molecular complexity index is 994. The number of ether oxygens (including phenoxy) is 2. The number of hydrogen-bond acceptors (Lipinski definition) is 5. The molecule has 0 spiro atoms. The van der Waals surface area contributed by atoms with Crippen molar-refractivity contribution in [3.05, 3.63) is 53.8 Å². The number of fused-ring (bicyclic) bond motifs is 1. The topological polar surface area (TPSA) is 84.9 Å². The fourth-order valence-corrected chi connectivity index (χ4v) is 4.32. The number of amides is 1. The molecule has 0 unspecified atom stereocenters. The Morgan fingerprint density at radius 1 is 1.07 bits per heavy atom. The third-order valence-corrected chi connectivity index (χ3v) is 5.84. The third kappa shape index (κ3) is 4.79. The van der Waals surface area contributed by atoms with E-state index in [0.717, 1.165) is 28.3 Å². The van der Waals surface area contributed by atoms with Crippen LogP contribution in [0.2, 0.25) is 0 Å². The molecule has 2 atom stereocenters. The molecule has 1 N–H and O–H groups in total. The molecule has 0 saturated heterocycles. The SMILES string of the molecule is C[C@H](NC(=O)[C@H](C)N(c1ccc(F)cc1)S(C)(=O)=O)c1ccc2c(c1)OCCO2. The van der Waals surface area contributed by atoms with Crippen molar-refractivity contribution in [2.75, 3.05) is 23.8 Å².